The highest BCUT2D eigenvalue weighted by molar-refractivity contribution is 6.30. The lowest BCUT2D eigenvalue weighted by atomic mass is 10.4. The highest BCUT2D eigenvalue weighted by Gasteiger charge is 2.00. The summed E-state index contributed by atoms with van der Waals surface area (Å²) < 4.78 is 3.68. The first-order valence-corrected chi connectivity index (χ1v) is 4.85. The molecule has 74 valence electrons. The van der Waals surface area contributed by atoms with Crippen LogP contribution < -0.4 is 0 Å². The van der Waals surface area contributed by atoms with Crippen molar-refractivity contribution in [2.75, 3.05) is 0 Å². The van der Waals surface area contributed by atoms with Crippen LogP contribution in [-0.4, -0.2) is 19.6 Å². The maximum atomic E-state index is 5.75. The zero-order chi connectivity index (χ0) is 9.97. The molecule has 0 aliphatic rings. The molecule has 0 bridgehead atoms. The van der Waals surface area contributed by atoms with Crippen molar-refractivity contribution < 1.29 is 0 Å². The molecule has 0 saturated carbocycles. The number of nitrogens with zero attached hydrogens (tertiary/aromatic N) is 4. The lowest BCUT2D eigenvalue weighted by molar-refractivity contribution is 0.654. The van der Waals surface area contributed by atoms with E-state index in [4.69, 9.17) is 11.6 Å². The van der Waals surface area contributed by atoms with Crippen molar-refractivity contribution in [1.82, 2.24) is 19.6 Å². The minimum Gasteiger partial charge on any atom is -0.273 e. The predicted octanol–water partition coefficient (Wildman–Crippen LogP) is 1.80. The first-order valence-electron chi connectivity index (χ1n) is 4.47. The van der Waals surface area contributed by atoms with Crippen LogP contribution in [0, 0.1) is 0 Å². The molecule has 0 fully saturated rings. The molecule has 0 aliphatic heterocycles. The maximum absolute atomic E-state index is 5.75. The first-order chi connectivity index (χ1) is 6.78. The molecule has 0 unspecified atom stereocenters. The van der Waals surface area contributed by atoms with Gasteiger partial charge in [-0.15, -0.1) is 0 Å². The Labute approximate surface area is 87.1 Å². The molecule has 0 radical (unpaired) electrons. The Morgan fingerprint density at radius 3 is 2.57 bits per heavy atom. The Hall–Kier alpha value is -1.29. The van der Waals surface area contributed by atoms with Gasteiger partial charge in [0.1, 0.15) is 0 Å². The molecule has 2 aromatic rings. The van der Waals surface area contributed by atoms with Crippen LogP contribution in [0.15, 0.2) is 24.8 Å². The fourth-order valence-corrected chi connectivity index (χ4v) is 1.43. The van der Waals surface area contributed by atoms with E-state index in [2.05, 4.69) is 17.1 Å². The van der Waals surface area contributed by atoms with Crippen LogP contribution in [0.5, 0.6) is 0 Å². The summed E-state index contributed by atoms with van der Waals surface area (Å²) in [6.07, 6.45) is 7.28. The van der Waals surface area contributed by atoms with E-state index in [1.807, 2.05) is 17.1 Å². The van der Waals surface area contributed by atoms with E-state index in [1.54, 1.807) is 17.1 Å². The van der Waals surface area contributed by atoms with Crippen LogP contribution in [0.4, 0.5) is 0 Å². The van der Waals surface area contributed by atoms with E-state index in [9.17, 15) is 0 Å². The molecule has 0 aliphatic carbocycles. The van der Waals surface area contributed by atoms with Crippen LogP contribution >= 0.6 is 11.6 Å². The molecular formula is C9H11ClN4. The van der Waals surface area contributed by atoms with Gasteiger partial charge in [-0.25, -0.2) is 0 Å². The van der Waals surface area contributed by atoms with Crippen molar-refractivity contribution in [2.45, 2.75) is 20.0 Å². The molecule has 2 heterocycles. The second-order valence-electron chi connectivity index (χ2n) is 3.06. The van der Waals surface area contributed by atoms with Gasteiger partial charge in [0.25, 0.3) is 0 Å². The highest BCUT2D eigenvalue weighted by atomic mass is 35.5. The van der Waals surface area contributed by atoms with Crippen LogP contribution in [0.25, 0.3) is 0 Å². The molecule has 2 rings (SSSR count). The van der Waals surface area contributed by atoms with Gasteiger partial charge in [0.2, 0.25) is 0 Å². The van der Waals surface area contributed by atoms with E-state index < -0.39 is 0 Å². The Bertz CT molecular complexity index is 418. The number of hydrogen-bond donors (Lipinski definition) is 0. The van der Waals surface area contributed by atoms with Gasteiger partial charge in [0.05, 0.1) is 24.0 Å². The number of aryl methyl sites for hydroxylation is 1. The van der Waals surface area contributed by atoms with Crippen LogP contribution in [0.1, 0.15) is 12.5 Å². The first kappa shape index (κ1) is 9.27. The van der Waals surface area contributed by atoms with Gasteiger partial charge in [-0.3, -0.25) is 9.36 Å². The van der Waals surface area contributed by atoms with E-state index >= 15 is 0 Å². The van der Waals surface area contributed by atoms with E-state index in [0.717, 1.165) is 12.1 Å². The number of hydrogen-bond acceptors (Lipinski definition) is 2. The van der Waals surface area contributed by atoms with Gasteiger partial charge in [0.15, 0.2) is 0 Å². The Morgan fingerprint density at radius 2 is 2.00 bits per heavy atom. The Kier molecular flexibility index (Phi) is 2.54. The summed E-state index contributed by atoms with van der Waals surface area (Å²) in [5, 5.41) is 8.93. The summed E-state index contributed by atoms with van der Waals surface area (Å²) >= 11 is 5.75. The number of rotatable bonds is 3. The van der Waals surface area contributed by atoms with Crippen molar-refractivity contribution >= 4 is 11.6 Å². The van der Waals surface area contributed by atoms with Crippen molar-refractivity contribution in [3.63, 3.8) is 0 Å². The third-order valence-electron chi connectivity index (χ3n) is 1.96. The van der Waals surface area contributed by atoms with Gasteiger partial charge in [0, 0.05) is 24.5 Å². The second kappa shape index (κ2) is 3.84. The zero-order valence-corrected chi connectivity index (χ0v) is 8.65. The molecule has 4 nitrogen and oxygen atoms in total. The van der Waals surface area contributed by atoms with Gasteiger partial charge < -0.3 is 0 Å². The molecule has 0 aromatic carbocycles. The molecule has 0 N–H and O–H groups in total. The molecule has 0 atom stereocenters. The van der Waals surface area contributed by atoms with E-state index in [1.165, 1.54) is 0 Å². The van der Waals surface area contributed by atoms with Gasteiger partial charge in [-0.1, -0.05) is 11.6 Å². The van der Waals surface area contributed by atoms with Crippen molar-refractivity contribution in [1.29, 1.82) is 0 Å². The topological polar surface area (TPSA) is 35.6 Å². The molecule has 0 spiro atoms. The average molecular weight is 211 g/mol. The third-order valence-corrected chi connectivity index (χ3v) is 2.15. The fourth-order valence-electron chi connectivity index (χ4n) is 1.27. The second-order valence-corrected chi connectivity index (χ2v) is 3.50. The van der Waals surface area contributed by atoms with Crippen molar-refractivity contribution in [2.24, 2.45) is 0 Å². The largest absolute Gasteiger partial charge is 0.273 e. The molecule has 14 heavy (non-hydrogen) atoms. The summed E-state index contributed by atoms with van der Waals surface area (Å²) in [4.78, 5) is 0. The monoisotopic (exact) mass is 210 g/mol. The van der Waals surface area contributed by atoms with Gasteiger partial charge >= 0.3 is 0 Å². The maximum Gasteiger partial charge on any atom is 0.0785 e. The summed E-state index contributed by atoms with van der Waals surface area (Å²) in [5.41, 5.74) is 1.13. The van der Waals surface area contributed by atoms with E-state index in [0.29, 0.717) is 11.6 Å². The average Bonchev–Trinajstić information content (AvgIpc) is 2.76. The lowest BCUT2D eigenvalue weighted by Crippen LogP contribution is -1.98. The molecule has 2 aromatic heterocycles. The molecule has 0 saturated heterocycles. The standard InChI is InChI=1S/C9H11ClN4/c1-2-13-5-8(3-11-13)6-14-7-9(10)4-12-14/h3-5,7H,2,6H2,1H3. The summed E-state index contributed by atoms with van der Waals surface area (Å²) in [5.74, 6) is 0. The lowest BCUT2D eigenvalue weighted by Gasteiger charge is -1.96. The summed E-state index contributed by atoms with van der Waals surface area (Å²) in [6, 6.07) is 0. The zero-order valence-electron chi connectivity index (χ0n) is 7.89. The van der Waals surface area contributed by atoms with E-state index in [-0.39, 0.29) is 0 Å². The fraction of sp³-hybridized carbons (Fsp3) is 0.333. The smallest absolute Gasteiger partial charge is 0.0785 e. The predicted molar refractivity (Wildman–Crippen MR) is 54.2 cm³/mol. The van der Waals surface area contributed by atoms with Gasteiger partial charge in [-0.2, -0.15) is 10.2 Å². The van der Waals surface area contributed by atoms with Gasteiger partial charge in [-0.05, 0) is 6.92 Å². The van der Waals surface area contributed by atoms with Crippen molar-refractivity contribution in [3.05, 3.63) is 35.4 Å². The van der Waals surface area contributed by atoms with Crippen LogP contribution in [0.3, 0.4) is 0 Å². The van der Waals surface area contributed by atoms with Crippen LogP contribution in [-0.2, 0) is 13.1 Å². The van der Waals surface area contributed by atoms with Crippen LogP contribution in [0.2, 0.25) is 5.02 Å². The summed E-state index contributed by atoms with van der Waals surface area (Å²) in [7, 11) is 0. The third kappa shape index (κ3) is 1.96. The minimum absolute atomic E-state index is 0.660. The Balaban J connectivity index is 2.10. The molecule has 0 amide bonds. The SMILES string of the molecule is CCn1cc(Cn2cc(Cl)cn2)cn1. The molecule has 5 heteroatoms. The minimum atomic E-state index is 0.660. The highest BCUT2D eigenvalue weighted by Crippen LogP contribution is 2.07. The number of halogens is 1. The normalized spacial score (nSPS) is 10.7. The van der Waals surface area contributed by atoms with Crippen molar-refractivity contribution in [3.8, 4) is 0 Å². The quantitative estimate of drug-likeness (QED) is 0.775. The molecular weight excluding hydrogens is 200 g/mol. The number of aromatic nitrogens is 4. The summed E-state index contributed by atoms with van der Waals surface area (Å²) in [6.45, 7) is 3.66. The Morgan fingerprint density at radius 1 is 1.21 bits per heavy atom.